The molecule has 0 saturated carbocycles. The maximum absolute atomic E-state index is 12.9. The third-order valence-electron chi connectivity index (χ3n) is 4.07. The number of carbonyl (C=O) groups is 2. The molecule has 1 aliphatic rings. The van der Waals surface area contributed by atoms with Crippen molar-refractivity contribution in [1.82, 2.24) is 10.6 Å². The van der Waals surface area contributed by atoms with Crippen LogP contribution in [0.25, 0.3) is 0 Å². The Kier molecular flexibility index (Phi) is 5.27. The van der Waals surface area contributed by atoms with Gasteiger partial charge in [0.25, 0.3) is 5.91 Å². The number of amides is 3. The zero-order valence-corrected chi connectivity index (χ0v) is 15.9. The van der Waals surface area contributed by atoms with Crippen LogP contribution in [0.2, 0.25) is 0 Å². The van der Waals surface area contributed by atoms with E-state index in [0.717, 1.165) is 4.47 Å². The van der Waals surface area contributed by atoms with Crippen molar-refractivity contribution in [2.45, 2.75) is 13.0 Å². The fourth-order valence-electron chi connectivity index (χ4n) is 2.86. The lowest BCUT2D eigenvalue weighted by Crippen LogP contribution is -2.46. The van der Waals surface area contributed by atoms with Crippen molar-refractivity contribution in [2.75, 3.05) is 12.4 Å². The zero-order chi connectivity index (χ0) is 18.7. The molecule has 0 radical (unpaired) electrons. The molecule has 0 bridgehead atoms. The van der Waals surface area contributed by atoms with Crippen molar-refractivity contribution in [2.24, 2.45) is 0 Å². The lowest BCUT2D eigenvalue weighted by atomic mass is 9.94. The molecule has 0 fully saturated rings. The van der Waals surface area contributed by atoms with Crippen molar-refractivity contribution in [1.29, 1.82) is 0 Å². The van der Waals surface area contributed by atoms with Crippen LogP contribution in [0.4, 0.5) is 10.5 Å². The first-order valence-corrected chi connectivity index (χ1v) is 8.77. The summed E-state index contributed by atoms with van der Waals surface area (Å²) in [7, 11) is 1.56. The summed E-state index contributed by atoms with van der Waals surface area (Å²) in [5.74, 6) is 0.301. The van der Waals surface area contributed by atoms with E-state index in [2.05, 4.69) is 31.9 Å². The molecular formula is C19H18BrN3O3. The van der Waals surface area contributed by atoms with Gasteiger partial charge in [-0.1, -0.05) is 34.1 Å². The van der Waals surface area contributed by atoms with E-state index in [9.17, 15) is 9.59 Å². The fraction of sp³-hybridized carbons (Fsp3) is 0.158. The van der Waals surface area contributed by atoms with Gasteiger partial charge in [-0.25, -0.2) is 4.79 Å². The molecule has 1 unspecified atom stereocenters. The van der Waals surface area contributed by atoms with E-state index >= 15 is 0 Å². The Morgan fingerprint density at radius 3 is 2.54 bits per heavy atom. The highest BCUT2D eigenvalue weighted by atomic mass is 79.9. The number of urea groups is 1. The third-order valence-corrected chi connectivity index (χ3v) is 4.59. The second-order valence-electron chi connectivity index (χ2n) is 5.77. The Labute approximate surface area is 159 Å². The van der Waals surface area contributed by atoms with Gasteiger partial charge in [0.15, 0.2) is 0 Å². The molecule has 1 heterocycles. The molecule has 3 amide bonds. The Balaban J connectivity index is 1.97. The van der Waals surface area contributed by atoms with Gasteiger partial charge >= 0.3 is 6.03 Å². The Bertz CT molecular complexity index is 878. The first-order chi connectivity index (χ1) is 12.5. The SMILES string of the molecule is COc1ccccc1C1NC(=O)NC(C)=C1C(=O)Nc1ccc(Br)cc1. The van der Waals surface area contributed by atoms with E-state index in [4.69, 9.17) is 4.74 Å². The monoisotopic (exact) mass is 415 g/mol. The first-order valence-electron chi connectivity index (χ1n) is 7.97. The fourth-order valence-corrected chi connectivity index (χ4v) is 3.13. The lowest BCUT2D eigenvalue weighted by molar-refractivity contribution is -0.113. The molecule has 0 aliphatic carbocycles. The van der Waals surface area contributed by atoms with Crippen molar-refractivity contribution in [3.8, 4) is 5.75 Å². The molecule has 1 aliphatic heterocycles. The van der Waals surface area contributed by atoms with Crippen LogP contribution in [0.3, 0.4) is 0 Å². The van der Waals surface area contributed by atoms with Crippen LogP contribution in [0.15, 0.2) is 64.3 Å². The summed E-state index contributed by atoms with van der Waals surface area (Å²) in [6.45, 7) is 1.71. The number of carbonyl (C=O) groups excluding carboxylic acids is 2. The average molecular weight is 416 g/mol. The number of methoxy groups -OCH3 is 1. The number of benzene rings is 2. The van der Waals surface area contributed by atoms with Crippen LogP contribution in [-0.4, -0.2) is 19.0 Å². The quantitative estimate of drug-likeness (QED) is 0.711. The molecule has 0 aromatic heterocycles. The second-order valence-corrected chi connectivity index (χ2v) is 6.69. The van der Waals surface area contributed by atoms with Crippen molar-refractivity contribution in [3.05, 3.63) is 69.8 Å². The van der Waals surface area contributed by atoms with Crippen LogP contribution in [0.1, 0.15) is 18.5 Å². The summed E-state index contributed by atoms with van der Waals surface area (Å²) in [5.41, 5.74) is 2.30. The summed E-state index contributed by atoms with van der Waals surface area (Å²) in [4.78, 5) is 24.9. The van der Waals surface area contributed by atoms with E-state index in [-0.39, 0.29) is 11.9 Å². The number of anilines is 1. The van der Waals surface area contributed by atoms with Crippen LogP contribution >= 0.6 is 15.9 Å². The standard InChI is InChI=1S/C19H18BrN3O3/c1-11-16(18(24)22-13-9-7-12(20)8-10-13)17(23-19(25)21-11)14-5-3-4-6-15(14)26-2/h3-10,17H,1-2H3,(H,22,24)(H2,21,23,25). The zero-order valence-electron chi connectivity index (χ0n) is 14.3. The first kappa shape index (κ1) is 18.0. The second kappa shape index (κ2) is 7.61. The smallest absolute Gasteiger partial charge is 0.319 e. The van der Waals surface area contributed by atoms with Gasteiger partial charge in [-0.3, -0.25) is 4.79 Å². The highest BCUT2D eigenvalue weighted by Crippen LogP contribution is 2.33. The predicted octanol–water partition coefficient (Wildman–Crippen LogP) is 3.72. The number of halogens is 1. The van der Waals surface area contributed by atoms with Crippen molar-refractivity contribution in [3.63, 3.8) is 0 Å². The minimum absolute atomic E-state index is 0.298. The minimum atomic E-state index is -0.615. The molecular weight excluding hydrogens is 398 g/mol. The normalized spacial score (nSPS) is 16.6. The third kappa shape index (κ3) is 3.72. The number of ether oxygens (including phenoxy) is 1. The van der Waals surface area contributed by atoms with Gasteiger partial charge in [-0.15, -0.1) is 0 Å². The number of para-hydroxylation sites is 1. The van der Waals surface area contributed by atoms with Gasteiger partial charge in [-0.05, 0) is 37.3 Å². The van der Waals surface area contributed by atoms with Crippen molar-refractivity contribution < 1.29 is 14.3 Å². The number of rotatable bonds is 4. The summed E-state index contributed by atoms with van der Waals surface area (Å²) in [5, 5.41) is 8.34. The number of allylic oxidation sites excluding steroid dienone is 1. The van der Waals surface area contributed by atoms with Gasteiger partial charge in [0.05, 0.1) is 18.7 Å². The maximum Gasteiger partial charge on any atom is 0.319 e. The molecule has 3 rings (SSSR count). The van der Waals surface area contributed by atoms with Crippen LogP contribution in [0, 0.1) is 0 Å². The molecule has 6 nitrogen and oxygen atoms in total. The Morgan fingerprint density at radius 2 is 1.85 bits per heavy atom. The number of hydrogen-bond donors (Lipinski definition) is 3. The summed E-state index contributed by atoms with van der Waals surface area (Å²) < 4.78 is 6.32. The Hall–Kier alpha value is -2.80. The number of hydrogen-bond acceptors (Lipinski definition) is 3. The molecule has 3 N–H and O–H groups in total. The summed E-state index contributed by atoms with van der Waals surface area (Å²) in [6.07, 6.45) is 0. The molecule has 7 heteroatoms. The average Bonchev–Trinajstić information content (AvgIpc) is 2.62. The van der Waals surface area contributed by atoms with Crippen molar-refractivity contribution >= 4 is 33.6 Å². The van der Waals surface area contributed by atoms with E-state index < -0.39 is 6.04 Å². The molecule has 0 spiro atoms. The van der Waals surface area contributed by atoms with Gasteiger partial charge in [0.1, 0.15) is 5.75 Å². The summed E-state index contributed by atoms with van der Waals surface area (Å²) >= 11 is 3.37. The highest BCUT2D eigenvalue weighted by molar-refractivity contribution is 9.10. The molecule has 26 heavy (non-hydrogen) atoms. The van der Waals surface area contributed by atoms with Crippen LogP contribution in [-0.2, 0) is 4.79 Å². The van der Waals surface area contributed by atoms with E-state index in [1.54, 1.807) is 32.2 Å². The molecule has 134 valence electrons. The van der Waals surface area contributed by atoms with Gasteiger partial charge in [-0.2, -0.15) is 0 Å². The lowest BCUT2D eigenvalue weighted by Gasteiger charge is -2.29. The molecule has 2 aromatic rings. The number of nitrogens with one attached hydrogen (secondary N) is 3. The van der Waals surface area contributed by atoms with Gasteiger partial charge < -0.3 is 20.7 Å². The van der Waals surface area contributed by atoms with Gasteiger partial charge in [0, 0.05) is 21.4 Å². The predicted molar refractivity (Wildman–Crippen MR) is 103 cm³/mol. The van der Waals surface area contributed by atoms with E-state index in [0.29, 0.717) is 28.3 Å². The topological polar surface area (TPSA) is 79.5 Å². The molecule has 2 aromatic carbocycles. The van der Waals surface area contributed by atoms with E-state index in [1.165, 1.54) is 0 Å². The molecule has 1 atom stereocenters. The van der Waals surface area contributed by atoms with E-state index in [1.807, 2.05) is 30.3 Å². The maximum atomic E-state index is 12.9. The highest BCUT2D eigenvalue weighted by Gasteiger charge is 2.32. The Morgan fingerprint density at radius 1 is 1.15 bits per heavy atom. The van der Waals surface area contributed by atoms with Gasteiger partial charge in [0.2, 0.25) is 0 Å². The summed E-state index contributed by atoms with van der Waals surface area (Å²) in [6, 6.07) is 13.6. The van der Waals surface area contributed by atoms with Crippen LogP contribution in [0.5, 0.6) is 5.75 Å². The van der Waals surface area contributed by atoms with Crippen LogP contribution < -0.4 is 20.7 Å². The minimum Gasteiger partial charge on any atom is -0.496 e. The molecule has 0 saturated heterocycles. The largest absolute Gasteiger partial charge is 0.496 e.